The molecule has 3 aromatic rings. The van der Waals surface area contributed by atoms with E-state index >= 15 is 8.78 Å². The minimum absolute atomic E-state index is 0.138. The Labute approximate surface area is 294 Å². The SMILES string of the molecule is CSc1ccc(-c2cc(Cl)ccc2NC(=O)C2C(=O)[C@H](C(C)(C)C)N(C)N(Cc3ccc(OCCN4CCOCC4)c(F)c3F)C2=O)cn1. The van der Waals surface area contributed by atoms with Crippen LogP contribution in [0.4, 0.5) is 14.5 Å². The van der Waals surface area contributed by atoms with E-state index in [0.717, 1.165) is 23.1 Å². The van der Waals surface area contributed by atoms with Crippen molar-refractivity contribution in [3.05, 3.63) is 70.9 Å². The smallest absolute Gasteiger partial charge is 0.257 e. The molecule has 14 heteroatoms. The number of amides is 2. The van der Waals surface area contributed by atoms with Crippen LogP contribution in [0.25, 0.3) is 11.1 Å². The van der Waals surface area contributed by atoms with Gasteiger partial charge in [-0.3, -0.25) is 24.3 Å². The second-order valence-electron chi connectivity index (χ2n) is 13.0. The van der Waals surface area contributed by atoms with Gasteiger partial charge in [-0.2, -0.15) is 4.39 Å². The number of aromatic nitrogens is 1. The average Bonchev–Trinajstić information content (AvgIpc) is 3.06. The number of Topliss-reactive ketones (excluding diaryl/α,β-unsaturated/α-hetero) is 1. The fraction of sp³-hybridized carbons (Fsp3) is 0.429. The third-order valence-electron chi connectivity index (χ3n) is 8.60. The molecule has 262 valence electrons. The molecule has 0 bridgehead atoms. The molecule has 49 heavy (non-hydrogen) atoms. The number of ether oxygens (including phenoxy) is 2. The number of thioether (sulfide) groups is 1. The third kappa shape index (κ3) is 8.24. The van der Waals surface area contributed by atoms with Crippen molar-refractivity contribution in [2.24, 2.45) is 11.3 Å². The number of morpholine rings is 1. The van der Waals surface area contributed by atoms with E-state index in [1.165, 1.54) is 36.0 Å². The molecule has 2 aliphatic heterocycles. The van der Waals surface area contributed by atoms with Gasteiger partial charge in [0.15, 0.2) is 23.3 Å². The molecule has 1 unspecified atom stereocenters. The van der Waals surface area contributed by atoms with Crippen LogP contribution in [0.3, 0.4) is 0 Å². The number of anilines is 1. The first-order valence-electron chi connectivity index (χ1n) is 15.9. The number of rotatable bonds is 10. The number of nitrogens with one attached hydrogen (secondary N) is 1. The Morgan fingerprint density at radius 2 is 1.84 bits per heavy atom. The van der Waals surface area contributed by atoms with E-state index in [1.807, 2.05) is 18.4 Å². The maximum absolute atomic E-state index is 15.5. The summed E-state index contributed by atoms with van der Waals surface area (Å²) in [6.45, 7) is 8.37. The van der Waals surface area contributed by atoms with Crippen LogP contribution in [0.15, 0.2) is 53.7 Å². The molecule has 0 spiro atoms. The van der Waals surface area contributed by atoms with Gasteiger partial charge in [-0.15, -0.1) is 11.8 Å². The van der Waals surface area contributed by atoms with Crippen molar-refractivity contribution in [2.75, 3.05) is 58.1 Å². The van der Waals surface area contributed by atoms with Crippen LogP contribution >= 0.6 is 23.4 Å². The minimum atomic E-state index is -1.75. The molecule has 0 radical (unpaired) electrons. The molecule has 0 saturated carbocycles. The summed E-state index contributed by atoms with van der Waals surface area (Å²) in [5, 5.41) is 6.51. The number of halogens is 3. The molecule has 1 N–H and O–H groups in total. The third-order valence-corrected chi connectivity index (χ3v) is 9.50. The van der Waals surface area contributed by atoms with E-state index in [-0.39, 0.29) is 17.9 Å². The van der Waals surface area contributed by atoms with Crippen LogP contribution in [-0.2, 0) is 25.7 Å². The molecule has 2 saturated heterocycles. The Balaban J connectivity index is 1.39. The molecule has 2 atom stereocenters. The van der Waals surface area contributed by atoms with Gasteiger partial charge in [0.1, 0.15) is 6.61 Å². The first kappa shape index (κ1) is 36.7. The van der Waals surface area contributed by atoms with Gasteiger partial charge >= 0.3 is 0 Å². The van der Waals surface area contributed by atoms with E-state index in [0.29, 0.717) is 41.6 Å². The van der Waals surface area contributed by atoms with Crippen molar-refractivity contribution >= 4 is 46.6 Å². The Bertz CT molecular complexity index is 1700. The van der Waals surface area contributed by atoms with E-state index in [2.05, 4.69) is 15.2 Å². The molecule has 2 aliphatic rings. The van der Waals surface area contributed by atoms with Gasteiger partial charge in [-0.1, -0.05) is 44.5 Å². The Kier molecular flexibility index (Phi) is 11.6. The molecular formula is C35H40ClF2N5O5S. The number of hydrazine groups is 1. The Morgan fingerprint density at radius 1 is 1.10 bits per heavy atom. The maximum Gasteiger partial charge on any atom is 0.257 e. The second kappa shape index (κ2) is 15.5. The summed E-state index contributed by atoms with van der Waals surface area (Å²) in [5.41, 5.74) is 0.658. The van der Waals surface area contributed by atoms with Crippen molar-refractivity contribution in [3.8, 4) is 16.9 Å². The van der Waals surface area contributed by atoms with Crippen LogP contribution in [0.5, 0.6) is 5.75 Å². The molecule has 5 rings (SSSR count). The lowest BCUT2D eigenvalue weighted by Gasteiger charge is -2.48. The number of hydrogen-bond acceptors (Lipinski definition) is 9. The van der Waals surface area contributed by atoms with Crippen LogP contribution in [0, 0.1) is 23.0 Å². The fourth-order valence-corrected chi connectivity index (χ4v) is 6.67. The molecule has 0 aliphatic carbocycles. The van der Waals surface area contributed by atoms with Crippen LogP contribution in [0.1, 0.15) is 26.3 Å². The fourth-order valence-electron chi connectivity index (χ4n) is 6.13. The summed E-state index contributed by atoms with van der Waals surface area (Å²) in [5.74, 6) is -6.68. The zero-order valence-electron chi connectivity index (χ0n) is 28.1. The molecule has 2 fully saturated rings. The zero-order chi connectivity index (χ0) is 35.5. The molecule has 3 heterocycles. The van der Waals surface area contributed by atoms with E-state index in [4.69, 9.17) is 21.1 Å². The predicted octanol–water partition coefficient (Wildman–Crippen LogP) is 5.54. The van der Waals surface area contributed by atoms with E-state index in [9.17, 15) is 14.4 Å². The number of likely N-dealkylation sites (N-methyl/N-ethyl adjacent to an activating group) is 1. The standard InChI is InChI=1S/C35H40ClF2N5O5S/c1-35(2,3)32-31(44)28(33(45)40-25-9-8-23(36)18-24(25)21-7-11-27(49-5)39-19-21)34(46)43(41(32)4)20-22-6-10-26(30(38)29(22)37)48-17-14-42-12-15-47-16-13-42/h6-11,18-19,28,32H,12-17,20H2,1-5H3,(H,40,45)/t28?,32-/m1/s1. The average molecular weight is 716 g/mol. The Hall–Kier alpha value is -3.62. The summed E-state index contributed by atoms with van der Waals surface area (Å²) < 4.78 is 41.6. The van der Waals surface area contributed by atoms with Gasteiger partial charge in [0, 0.05) is 60.3 Å². The first-order chi connectivity index (χ1) is 23.3. The quantitative estimate of drug-likeness (QED) is 0.214. The van der Waals surface area contributed by atoms with Gasteiger partial charge in [-0.05, 0) is 42.0 Å². The minimum Gasteiger partial charge on any atom is -0.489 e. The predicted molar refractivity (Wildman–Crippen MR) is 184 cm³/mol. The topological polar surface area (TPSA) is 104 Å². The highest BCUT2D eigenvalue weighted by Crippen LogP contribution is 2.36. The highest BCUT2D eigenvalue weighted by atomic mass is 35.5. The highest BCUT2D eigenvalue weighted by Gasteiger charge is 2.52. The van der Waals surface area contributed by atoms with Gasteiger partial charge in [0.05, 0.1) is 30.8 Å². The van der Waals surface area contributed by atoms with Crippen LogP contribution < -0.4 is 10.1 Å². The number of hydrogen-bond donors (Lipinski definition) is 1. The summed E-state index contributed by atoms with van der Waals surface area (Å²) >= 11 is 7.78. The molecule has 2 amide bonds. The summed E-state index contributed by atoms with van der Waals surface area (Å²) in [4.78, 5) is 48.4. The van der Waals surface area contributed by atoms with Crippen LogP contribution in [0.2, 0.25) is 5.02 Å². The zero-order valence-corrected chi connectivity index (χ0v) is 29.7. The first-order valence-corrected chi connectivity index (χ1v) is 17.5. The van der Waals surface area contributed by atoms with Crippen molar-refractivity contribution in [1.29, 1.82) is 0 Å². The van der Waals surface area contributed by atoms with Gasteiger partial charge in [0.25, 0.3) is 5.91 Å². The normalized spacial score (nSPS) is 19.3. The number of ketones is 1. The second-order valence-corrected chi connectivity index (χ2v) is 14.3. The maximum atomic E-state index is 15.5. The summed E-state index contributed by atoms with van der Waals surface area (Å²) in [7, 11) is 1.53. The largest absolute Gasteiger partial charge is 0.489 e. The molecule has 2 aromatic carbocycles. The lowest BCUT2D eigenvalue weighted by atomic mass is 9.78. The number of pyridine rings is 1. The molecular weight excluding hydrogens is 676 g/mol. The summed E-state index contributed by atoms with van der Waals surface area (Å²) in [6.07, 6.45) is 3.55. The number of carbonyl (C=O) groups is 3. The molecule has 10 nitrogen and oxygen atoms in total. The number of carbonyl (C=O) groups excluding carboxylic acids is 3. The summed E-state index contributed by atoms with van der Waals surface area (Å²) in [6, 6.07) is 10.2. The number of benzene rings is 2. The van der Waals surface area contributed by atoms with Crippen LogP contribution in [-0.4, -0.2) is 96.3 Å². The van der Waals surface area contributed by atoms with Crippen molar-refractivity contribution in [3.63, 3.8) is 0 Å². The Morgan fingerprint density at radius 3 is 2.49 bits per heavy atom. The lowest BCUT2D eigenvalue weighted by Crippen LogP contribution is -2.66. The number of nitrogens with zero attached hydrogens (tertiary/aromatic N) is 4. The molecule has 1 aromatic heterocycles. The van der Waals surface area contributed by atoms with Crippen molar-refractivity contribution < 1.29 is 32.6 Å². The highest BCUT2D eigenvalue weighted by molar-refractivity contribution is 7.98. The van der Waals surface area contributed by atoms with Gasteiger partial charge < -0.3 is 14.8 Å². The van der Waals surface area contributed by atoms with Crippen molar-refractivity contribution in [1.82, 2.24) is 19.9 Å². The monoisotopic (exact) mass is 715 g/mol. The van der Waals surface area contributed by atoms with E-state index in [1.54, 1.807) is 45.2 Å². The van der Waals surface area contributed by atoms with Gasteiger partial charge in [0.2, 0.25) is 11.7 Å². The lowest BCUT2D eigenvalue weighted by molar-refractivity contribution is -0.180. The van der Waals surface area contributed by atoms with Crippen molar-refractivity contribution in [2.45, 2.75) is 38.4 Å². The van der Waals surface area contributed by atoms with Gasteiger partial charge in [-0.25, -0.2) is 14.4 Å². The van der Waals surface area contributed by atoms with E-state index < -0.39 is 53.2 Å².